The van der Waals surface area contributed by atoms with Gasteiger partial charge in [-0.2, -0.15) is 0 Å². The van der Waals surface area contributed by atoms with Crippen molar-refractivity contribution in [2.75, 3.05) is 31.2 Å². The molecule has 0 aliphatic carbocycles. The van der Waals surface area contributed by atoms with Crippen LogP contribution in [0.15, 0.2) is 24.4 Å². The van der Waals surface area contributed by atoms with Crippen molar-refractivity contribution in [2.45, 2.75) is 12.8 Å². The molecule has 108 valence electrons. The molecule has 3 heterocycles. The topological polar surface area (TPSA) is 51.7 Å². The van der Waals surface area contributed by atoms with Crippen molar-refractivity contribution in [1.29, 1.82) is 0 Å². The minimum Gasteiger partial charge on any atom is -0.486 e. The maximum atomic E-state index is 11.7. The smallest absolute Gasteiger partial charge is 0.162 e. The Kier molecular flexibility index (Phi) is 2.91. The van der Waals surface area contributed by atoms with E-state index in [0.717, 1.165) is 41.1 Å². The summed E-state index contributed by atoms with van der Waals surface area (Å²) >= 11 is 0. The number of carbonyl (C=O) groups excluding carboxylic acids is 1. The highest BCUT2D eigenvalue weighted by Gasteiger charge is 2.21. The van der Waals surface area contributed by atoms with Crippen LogP contribution in [0.5, 0.6) is 11.5 Å². The molecule has 5 heteroatoms. The van der Waals surface area contributed by atoms with E-state index in [4.69, 9.17) is 9.47 Å². The minimum atomic E-state index is 0.276. The van der Waals surface area contributed by atoms with E-state index in [1.54, 1.807) is 6.20 Å². The number of nitrogens with zero attached hydrogens (tertiary/aromatic N) is 2. The first kappa shape index (κ1) is 12.4. The number of Topliss-reactive ketones (excluding diaryl/α,β-unsaturated/α-hetero) is 1. The molecule has 21 heavy (non-hydrogen) atoms. The molecule has 2 aliphatic rings. The molecular weight excluding hydrogens is 268 g/mol. The lowest BCUT2D eigenvalue weighted by atomic mass is 10.1. The van der Waals surface area contributed by atoms with Gasteiger partial charge in [-0.15, -0.1) is 0 Å². The lowest BCUT2D eigenvalue weighted by Gasteiger charge is -2.28. The third-order valence-corrected chi connectivity index (χ3v) is 3.96. The number of pyridine rings is 1. The van der Waals surface area contributed by atoms with Gasteiger partial charge in [0, 0.05) is 24.5 Å². The number of hydrogen-bond acceptors (Lipinski definition) is 5. The summed E-state index contributed by atoms with van der Waals surface area (Å²) < 4.78 is 11.3. The number of fused-ring (bicyclic) bond motifs is 2. The van der Waals surface area contributed by atoms with Crippen LogP contribution in [0.1, 0.15) is 12.8 Å². The highest BCUT2D eigenvalue weighted by Crippen LogP contribution is 2.37. The van der Waals surface area contributed by atoms with Crippen molar-refractivity contribution < 1.29 is 14.3 Å². The van der Waals surface area contributed by atoms with Crippen LogP contribution in [0.3, 0.4) is 0 Å². The van der Waals surface area contributed by atoms with Gasteiger partial charge in [-0.1, -0.05) is 0 Å². The van der Waals surface area contributed by atoms with Crippen LogP contribution in [-0.2, 0) is 4.79 Å². The van der Waals surface area contributed by atoms with Gasteiger partial charge in [0.1, 0.15) is 19.0 Å². The Hall–Kier alpha value is -2.30. The SMILES string of the molecule is O=C1CCCN(c2nccc3cc4c(cc23)OCCO4)C1. The van der Waals surface area contributed by atoms with E-state index in [9.17, 15) is 4.79 Å². The van der Waals surface area contributed by atoms with Gasteiger partial charge in [-0.05, 0) is 30.0 Å². The largest absolute Gasteiger partial charge is 0.486 e. The third-order valence-electron chi connectivity index (χ3n) is 3.96. The van der Waals surface area contributed by atoms with Crippen LogP contribution in [0.4, 0.5) is 5.82 Å². The predicted octanol–water partition coefficient (Wildman–Crippen LogP) is 2.18. The Labute approximate surface area is 122 Å². The summed E-state index contributed by atoms with van der Waals surface area (Å²) in [6, 6.07) is 5.93. The van der Waals surface area contributed by atoms with E-state index in [1.165, 1.54) is 0 Å². The van der Waals surface area contributed by atoms with Gasteiger partial charge in [-0.3, -0.25) is 4.79 Å². The number of ether oxygens (including phenoxy) is 2. The lowest BCUT2D eigenvalue weighted by molar-refractivity contribution is -0.118. The summed E-state index contributed by atoms with van der Waals surface area (Å²) in [7, 11) is 0. The van der Waals surface area contributed by atoms with Gasteiger partial charge in [0.2, 0.25) is 0 Å². The number of aromatic nitrogens is 1. The fourth-order valence-corrected chi connectivity index (χ4v) is 2.96. The second kappa shape index (κ2) is 4.91. The summed E-state index contributed by atoms with van der Waals surface area (Å²) in [4.78, 5) is 18.3. The maximum Gasteiger partial charge on any atom is 0.162 e. The molecule has 0 N–H and O–H groups in total. The maximum absolute atomic E-state index is 11.7. The van der Waals surface area contributed by atoms with Crippen LogP contribution in [-0.4, -0.2) is 37.1 Å². The van der Waals surface area contributed by atoms with Crippen LogP contribution in [0.2, 0.25) is 0 Å². The molecule has 2 aliphatic heterocycles. The first-order valence-electron chi connectivity index (χ1n) is 7.26. The first-order chi connectivity index (χ1) is 10.3. The Bertz CT molecular complexity index is 714. The Balaban J connectivity index is 1.83. The Morgan fingerprint density at radius 1 is 1.14 bits per heavy atom. The lowest BCUT2D eigenvalue weighted by Crippen LogP contribution is -2.36. The number of carbonyl (C=O) groups is 1. The van der Waals surface area contributed by atoms with Crippen molar-refractivity contribution in [1.82, 2.24) is 4.98 Å². The second-order valence-electron chi connectivity index (χ2n) is 5.42. The molecule has 0 unspecified atom stereocenters. The van der Waals surface area contributed by atoms with Crippen LogP contribution < -0.4 is 14.4 Å². The summed E-state index contributed by atoms with van der Waals surface area (Å²) in [5.41, 5.74) is 0. The molecule has 1 aromatic carbocycles. The molecule has 0 radical (unpaired) electrons. The molecule has 1 fully saturated rings. The molecule has 0 atom stereocenters. The van der Waals surface area contributed by atoms with Crippen molar-refractivity contribution in [3.8, 4) is 11.5 Å². The number of benzene rings is 1. The van der Waals surface area contributed by atoms with Gasteiger partial charge in [0.05, 0.1) is 6.54 Å². The number of ketones is 1. The van der Waals surface area contributed by atoms with E-state index in [2.05, 4.69) is 9.88 Å². The van der Waals surface area contributed by atoms with Gasteiger partial charge >= 0.3 is 0 Å². The summed E-state index contributed by atoms with van der Waals surface area (Å²) in [5, 5.41) is 2.07. The zero-order valence-electron chi connectivity index (χ0n) is 11.7. The third kappa shape index (κ3) is 2.18. The van der Waals surface area contributed by atoms with E-state index in [-0.39, 0.29) is 5.78 Å². The van der Waals surface area contributed by atoms with Gasteiger partial charge in [0.15, 0.2) is 17.3 Å². The van der Waals surface area contributed by atoms with E-state index in [1.807, 2.05) is 18.2 Å². The quantitative estimate of drug-likeness (QED) is 0.803. The molecule has 5 nitrogen and oxygen atoms in total. The zero-order valence-corrected chi connectivity index (χ0v) is 11.7. The monoisotopic (exact) mass is 284 g/mol. The van der Waals surface area contributed by atoms with Gasteiger partial charge in [0.25, 0.3) is 0 Å². The van der Waals surface area contributed by atoms with Crippen molar-refractivity contribution in [3.63, 3.8) is 0 Å². The number of rotatable bonds is 1. The summed E-state index contributed by atoms with van der Waals surface area (Å²) in [6.07, 6.45) is 3.35. The normalized spacial score (nSPS) is 18.1. The summed E-state index contributed by atoms with van der Waals surface area (Å²) in [5.74, 6) is 2.67. The molecule has 2 aromatic rings. The molecule has 0 amide bonds. The molecular formula is C16H16N2O3. The number of piperidine rings is 1. The van der Waals surface area contributed by atoms with E-state index < -0.39 is 0 Å². The van der Waals surface area contributed by atoms with Gasteiger partial charge < -0.3 is 14.4 Å². The van der Waals surface area contributed by atoms with E-state index in [0.29, 0.717) is 26.2 Å². The van der Waals surface area contributed by atoms with Crippen LogP contribution >= 0.6 is 0 Å². The van der Waals surface area contributed by atoms with Crippen LogP contribution in [0.25, 0.3) is 10.8 Å². The Morgan fingerprint density at radius 3 is 2.76 bits per heavy atom. The highest BCUT2D eigenvalue weighted by molar-refractivity contribution is 5.96. The Morgan fingerprint density at radius 2 is 1.95 bits per heavy atom. The average Bonchev–Trinajstić information content (AvgIpc) is 2.52. The standard InChI is InChI=1S/C16H16N2O3/c19-12-2-1-5-18(10-12)16-13-9-15-14(20-6-7-21-15)8-11(13)3-4-17-16/h3-4,8-9H,1-2,5-7,10H2. The number of anilines is 1. The second-order valence-corrected chi connectivity index (χ2v) is 5.42. The molecule has 0 saturated carbocycles. The molecule has 0 bridgehead atoms. The zero-order chi connectivity index (χ0) is 14.2. The van der Waals surface area contributed by atoms with Crippen molar-refractivity contribution in [2.24, 2.45) is 0 Å². The highest BCUT2D eigenvalue weighted by atomic mass is 16.6. The summed E-state index contributed by atoms with van der Waals surface area (Å²) in [6.45, 7) is 2.46. The predicted molar refractivity (Wildman–Crippen MR) is 79.2 cm³/mol. The fraction of sp³-hybridized carbons (Fsp3) is 0.375. The minimum absolute atomic E-state index is 0.276. The molecule has 0 spiro atoms. The molecule has 4 rings (SSSR count). The van der Waals surface area contributed by atoms with Crippen LogP contribution in [0, 0.1) is 0 Å². The number of hydrogen-bond donors (Lipinski definition) is 0. The molecule has 1 saturated heterocycles. The first-order valence-corrected chi connectivity index (χ1v) is 7.26. The molecule has 1 aromatic heterocycles. The van der Waals surface area contributed by atoms with E-state index >= 15 is 0 Å². The van der Waals surface area contributed by atoms with Crippen molar-refractivity contribution in [3.05, 3.63) is 24.4 Å². The van der Waals surface area contributed by atoms with Crippen molar-refractivity contribution >= 4 is 22.4 Å². The van der Waals surface area contributed by atoms with Gasteiger partial charge in [-0.25, -0.2) is 4.98 Å². The fourth-order valence-electron chi connectivity index (χ4n) is 2.96. The average molecular weight is 284 g/mol.